The van der Waals surface area contributed by atoms with Gasteiger partial charge in [-0.3, -0.25) is 4.90 Å². The monoisotopic (exact) mass is 319 g/mol. The van der Waals surface area contributed by atoms with Crippen molar-refractivity contribution in [3.63, 3.8) is 0 Å². The van der Waals surface area contributed by atoms with E-state index in [1.165, 1.54) is 56.6 Å². The summed E-state index contributed by atoms with van der Waals surface area (Å²) in [5, 5.41) is 14.7. The minimum absolute atomic E-state index is 0.367. The Hall–Kier alpha value is -1.01. The van der Waals surface area contributed by atoms with Crippen LogP contribution in [0.1, 0.15) is 75.0 Å². The van der Waals surface area contributed by atoms with Gasteiger partial charge in [0.1, 0.15) is 5.01 Å². The standard InChI is InChI=1S/C16H25N5S/c1-11(2)14-17-18-16-21(14)19-15(22-16)12-6-5-9-20(10-12)13-7-3-4-8-13/h11-13H,3-10H2,1-2H3. The topological polar surface area (TPSA) is 46.3 Å². The lowest BCUT2D eigenvalue weighted by atomic mass is 9.97. The Bertz CT molecular complexity index is 640. The van der Waals surface area contributed by atoms with E-state index in [9.17, 15) is 0 Å². The lowest BCUT2D eigenvalue weighted by Gasteiger charge is -2.35. The molecule has 2 aromatic heterocycles. The summed E-state index contributed by atoms with van der Waals surface area (Å²) >= 11 is 1.74. The lowest BCUT2D eigenvalue weighted by Crippen LogP contribution is -2.40. The van der Waals surface area contributed by atoms with E-state index in [4.69, 9.17) is 5.10 Å². The Morgan fingerprint density at radius 2 is 1.91 bits per heavy atom. The van der Waals surface area contributed by atoms with Gasteiger partial charge < -0.3 is 0 Å². The molecular formula is C16H25N5S. The number of fused-ring (bicyclic) bond motifs is 1. The first kappa shape index (κ1) is 14.6. The van der Waals surface area contributed by atoms with Gasteiger partial charge in [0.25, 0.3) is 0 Å². The van der Waals surface area contributed by atoms with Crippen molar-refractivity contribution in [3.05, 3.63) is 10.8 Å². The summed E-state index contributed by atoms with van der Waals surface area (Å²) in [4.78, 5) is 3.68. The number of piperidine rings is 1. The molecule has 0 aromatic carbocycles. The van der Waals surface area contributed by atoms with E-state index in [1.54, 1.807) is 11.3 Å². The third kappa shape index (κ3) is 2.56. The number of nitrogens with zero attached hydrogens (tertiary/aromatic N) is 5. The highest BCUT2D eigenvalue weighted by atomic mass is 32.1. The zero-order valence-electron chi connectivity index (χ0n) is 13.5. The first-order valence-electron chi connectivity index (χ1n) is 8.68. The molecule has 0 radical (unpaired) electrons. The van der Waals surface area contributed by atoms with Gasteiger partial charge >= 0.3 is 0 Å². The highest BCUT2D eigenvalue weighted by Gasteiger charge is 2.30. The summed E-state index contributed by atoms with van der Waals surface area (Å²) in [7, 11) is 0. The van der Waals surface area contributed by atoms with Gasteiger partial charge in [0, 0.05) is 24.4 Å². The highest BCUT2D eigenvalue weighted by Crippen LogP contribution is 2.34. The Labute approximate surface area is 135 Å². The summed E-state index contributed by atoms with van der Waals surface area (Å²) in [5.41, 5.74) is 0. The van der Waals surface area contributed by atoms with Crippen LogP contribution in [0.25, 0.3) is 4.96 Å². The zero-order valence-corrected chi connectivity index (χ0v) is 14.3. The summed E-state index contributed by atoms with van der Waals surface area (Å²) < 4.78 is 1.97. The minimum atomic E-state index is 0.367. The maximum absolute atomic E-state index is 4.86. The van der Waals surface area contributed by atoms with Crippen molar-refractivity contribution in [1.82, 2.24) is 24.7 Å². The van der Waals surface area contributed by atoms with Crippen LogP contribution in [-0.4, -0.2) is 43.8 Å². The Morgan fingerprint density at radius 3 is 2.68 bits per heavy atom. The van der Waals surface area contributed by atoms with Crippen molar-refractivity contribution in [2.75, 3.05) is 13.1 Å². The van der Waals surface area contributed by atoms with Crippen molar-refractivity contribution >= 4 is 16.3 Å². The fourth-order valence-corrected chi connectivity index (χ4v) is 4.95. The molecular weight excluding hydrogens is 294 g/mol. The van der Waals surface area contributed by atoms with E-state index in [0.717, 1.165) is 16.8 Å². The average molecular weight is 319 g/mol. The van der Waals surface area contributed by atoms with Crippen LogP contribution < -0.4 is 0 Å². The van der Waals surface area contributed by atoms with Crippen molar-refractivity contribution in [2.45, 2.75) is 70.3 Å². The second kappa shape index (κ2) is 5.89. The average Bonchev–Trinajstić information content (AvgIpc) is 3.23. The van der Waals surface area contributed by atoms with E-state index < -0.39 is 0 Å². The fourth-order valence-electron chi connectivity index (χ4n) is 3.98. The molecule has 22 heavy (non-hydrogen) atoms. The largest absolute Gasteiger partial charge is 0.300 e. The van der Waals surface area contributed by atoms with E-state index >= 15 is 0 Å². The van der Waals surface area contributed by atoms with Crippen LogP contribution in [0.5, 0.6) is 0 Å². The second-order valence-corrected chi connectivity index (χ2v) is 8.11. The van der Waals surface area contributed by atoms with Crippen LogP contribution in [0.3, 0.4) is 0 Å². The van der Waals surface area contributed by atoms with Crippen LogP contribution in [-0.2, 0) is 0 Å². The van der Waals surface area contributed by atoms with Gasteiger partial charge in [-0.2, -0.15) is 9.61 Å². The van der Waals surface area contributed by atoms with Gasteiger partial charge in [-0.15, -0.1) is 10.2 Å². The van der Waals surface area contributed by atoms with Crippen LogP contribution >= 0.6 is 11.3 Å². The molecule has 1 saturated carbocycles. The maximum atomic E-state index is 4.86. The molecule has 3 heterocycles. The molecule has 1 atom stereocenters. The van der Waals surface area contributed by atoms with Crippen LogP contribution in [0.2, 0.25) is 0 Å². The first-order chi connectivity index (χ1) is 10.7. The molecule has 2 aromatic rings. The van der Waals surface area contributed by atoms with Crippen LogP contribution in [0, 0.1) is 0 Å². The van der Waals surface area contributed by atoms with Crippen LogP contribution in [0.4, 0.5) is 0 Å². The van der Waals surface area contributed by atoms with Crippen molar-refractivity contribution in [3.8, 4) is 0 Å². The second-order valence-electron chi connectivity index (χ2n) is 7.12. The molecule has 0 amide bonds. The summed E-state index contributed by atoms with van der Waals surface area (Å²) in [5.74, 6) is 1.94. The van der Waals surface area contributed by atoms with Gasteiger partial charge in [0.2, 0.25) is 4.96 Å². The van der Waals surface area contributed by atoms with E-state index in [1.807, 2.05) is 4.52 Å². The molecule has 0 spiro atoms. The Balaban J connectivity index is 1.55. The summed E-state index contributed by atoms with van der Waals surface area (Å²) in [6.45, 7) is 6.77. The molecule has 1 unspecified atom stereocenters. The van der Waals surface area contributed by atoms with Crippen molar-refractivity contribution < 1.29 is 0 Å². The number of likely N-dealkylation sites (tertiary alicyclic amines) is 1. The van der Waals surface area contributed by atoms with Crippen LogP contribution in [0.15, 0.2) is 0 Å². The third-order valence-corrected chi connectivity index (χ3v) is 6.25. The summed E-state index contributed by atoms with van der Waals surface area (Å²) in [6, 6.07) is 0.833. The molecule has 2 aliphatic rings. The third-order valence-electron chi connectivity index (χ3n) is 5.19. The van der Waals surface area contributed by atoms with Crippen molar-refractivity contribution in [2.24, 2.45) is 0 Å². The quantitative estimate of drug-likeness (QED) is 0.869. The minimum Gasteiger partial charge on any atom is -0.300 e. The number of hydrogen-bond acceptors (Lipinski definition) is 5. The van der Waals surface area contributed by atoms with Gasteiger partial charge in [-0.1, -0.05) is 38.0 Å². The maximum Gasteiger partial charge on any atom is 0.234 e. The number of rotatable bonds is 3. The summed E-state index contributed by atoms with van der Waals surface area (Å²) in [6.07, 6.45) is 8.20. The van der Waals surface area contributed by atoms with Gasteiger partial charge in [-0.05, 0) is 32.2 Å². The molecule has 6 heteroatoms. The normalized spacial score (nSPS) is 24.8. The molecule has 120 valence electrons. The predicted molar refractivity (Wildman–Crippen MR) is 88.6 cm³/mol. The lowest BCUT2D eigenvalue weighted by molar-refractivity contribution is 0.149. The van der Waals surface area contributed by atoms with Gasteiger partial charge in [0.15, 0.2) is 5.82 Å². The molecule has 0 N–H and O–H groups in total. The molecule has 4 rings (SSSR count). The fraction of sp³-hybridized carbons (Fsp3) is 0.812. The first-order valence-corrected chi connectivity index (χ1v) is 9.50. The SMILES string of the molecule is CC(C)c1nnc2sc(C3CCCN(C4CCCC4)C3)nn12. The highest BCUT2D eigenvalue weighted by molar-refractivity contribution is 7.16. The molecule has 1 aliphatic heterocycles. The molecule has 1 aliphatic carbocycles. The Morgan fingerprint density at radius 1 is 1.09 bits per heavy atom. The molecule has 5 nitrogen and oxygen atoms in total. The smallest absolute Gasteiger partial charge is 0.234 e. The predicted octanol–water partition coefficient (Wildman–Crippen LogP) is 3.43. The van der Waals surface area contributed by atoms with Gasteiger partial charge in [0.05, 0.1) is 0 Å². The van der Waals surface area contributed by atoms with Crippen molar-refractivity contribution in [1.29, 1.82) is 0 Å². The molecule has 1 saturated heterocycles. The molecule has 2 fully saturated rings. The molecule has 0 bridgehead atoms. The van der Waals surface area contributed by atoms with E-state index in [-0.39, 0.29) is 0 Å². The number of aromatic nitrogens is 4. The zero-order chi connectivity index (χ0) is 15.1. The van der Waals surface area contributed by atoms with E-state index in [2.05, 4.69) is 28.9 Å². The van der Waals surface area contributed by atoms with Gasteiger partial charge in [-0.25, -0.2) is 0 Å². The Kier molecular flexibility index (Phi) is 3.90. The van der Waals surface area contributed by atoms with E-state index in [0.29, 0.717) is 11.8 Å². The number of hydrogen-bond donors (Lipinski definition) is 0.